The van der Waals surface area contributed by atoms with Gasteiger partial charge >= 0.3 is 6.18 Å². The predicted octanol–water partition coefficient (Wildman–Crippen LogP) is 2.90. The number of nitrogens with one attached hydrogen (secondary N) is 1. The van der Waals surface area contributed by atoms with Crippen LogP contribution in [0, 0.1) is 5.92 Å². The van der Waals surface area contributed by atoms with E-state index < -0.39 is 12.1 Å². The van der Waals surface area contributed by atoms with Crippen LogP contribution in [0.3, 0.4) is 0 Å². The number of nitrogens with zero attached hydrogens (tertiary/aromatic N) is 3. The third-order valence-electron chi connectivity index (χ3n) is 4.75. The molecule has 0 radical (unpaired) electrons. The molecule has 2 fully saturated rings. The van der Waals surface area contributed by atoms with Crippen molar-refractivity contribution >= 4 is 12.4 Å². The number of likely N-dealkylation sites (N-methyl/N-ethyl adjacent to an activating group) is 1. The molecule has 3 atom stereocenters. The maximum atomic E-state index is 12.9. The lowest BCUT2D eigenvalue weighted by Crippen LogP contribution is -2.44. The SMILES string of the molecule is CN1CCNCC1c1noc(C2CCCC(C(F)(F)F)C2)n1.Cl. The van der Waals surface area contributed by atoms with Gasteiger partial charge in [0.05, 0.1) is 12.0 Å². The molecule has 132 valence electrons. The maximum absolute atomic E-state index is 12.9. The van der Waals surface area contributed by atoms with Gasteiger partial charge in [-0.15, -0.1) is 12.4 Å². The Morgan fingerprint density at radius 2 is 2.09 bits per heavy atom. The predicted molar refractivity (Wildman–Crippen MR) is 80.5 cm³/mol. The summed E-state index contributed by atoms with van der Waals surface area (Å²) >= 11 is 0. The highest BCUT2D eigenvalue weighted by molar-refractivity contribution is 5.85. The first kappa shape index (κ1) is 18.5. The first-order valence-corrected chi connectivity index (χ1v) is 7.76. The number of hydrogen-bond acceptors (Lipinski definition) is 5. The summed E-state index contributed by atoms with van der Waals surface area (Å²) < 4.78 is 44.0. The Labute approximate surface area is 139 Å². The van der Waals surface area contributed by atoms with E-state index in [1.54, 1.807) is 0 Å². The topological polar surface area (TPSA) is 54.2 Å². The normalized spacial score (nSPS) is 30.0. The molecular formula is C14H22ClF3N4O. The molecule has 3 unspecified atom stereocenters. The van der Waals surface area contributed by atoms with Crippen molar-refractivity contribution in [2.24, 2.45) is 5.92 Å². The van der Waals surface area contributed by atoms with Crippen molar-refractivity contribution < 1.29 is 17.7 Å². The molecule has 9 heteroatoms. The zero-order valence-corrected chi connectivity index (χ0v) is 13.8. The Hall–Kier alpha value is -0.860. The molecule has 1 N–H and O–H groups in total. The summed E-state index contributed by atoms with van der Waals surface area (Å²) in [5.41, 5.74) is 0. The average molecular weight is 355 g/mol. The Bertz CT molecular complexity index is 510. The van der Waals surface area contributed by atoms with E-state index in [9.17, 15) is 13.2 Å². The van der Waals surface area contributed by atoms with E-state index in [0.29, 0.717) is 24.6 Å². The van der Waals surface area contributed by atoms with Crippen LogP contribution in [-0.4, -0.2) is 47.9 Å². The van der Waals surface area contributed by atoms with Crippen molar-refractivity contribution in [2.75, 3.05) is 26.7 Å². The van der Waals surface area contributed by atoms with Crippen LogP contribution in [0.2, 0.25) is 0 Å². The van der Waals surface area contributed by atoms with Crippen LogP contribution in [0.5, 0.6) is 0 Å². The Morgan fingerprint density at radius 3 is 2.78 bits per heavy atom. The molecule has 1 saturated heterocycles. The first-order chi connectivity index (χ1) is 10.4. The third-order valence-corrected chi connectivity index (χ3v) is 4.75. The van der Waals surface area contributed by atoms with Gasteiger partial charge in [-0.1, -0.05) is 11.6 Å². The molecule has 2 heterocycles. The van der Waals surface area contributed by atoms with Gasteiger partial charge in [0.1, 0.15) is 0 Å². The van der Waals surface area contributed by atoms with Gasteiger partial charge < -0.3 is 9.84 Å². The number of alkyl halides is 3. The smallest absolute Gasteiger partial charge is 0.339 e. The second-order valence-electron chi connectivity index (χ2n) is 6.29. The molecule has 23 heavy (non-hydrogen) atoms. The van der Waals surface area contributed by atoms with Crippen molar-refractivity contribution in [2.45, 2.75) is 43.8 Å². The zero-order valence-electron chi connectivity index (χ0n) is 13.0. The highest BCUT2D eigenvalue weighted by Crippen LogP contribution is 2.43. The first-order valence-electron chi connectivity index (χ1n) is 7.76. The second kappa shape index (κ2) is 7.36. The van der Waals surface area contributed by atoms with Crippen LogP contribution in [-0.2, 0) is 0 Å². The highest BCUT2D eigenvalue weighted by Gasteiger charge is 2.43. The molecule has 3 rings (SSSR count). The van der Waals surface area contributed by atoms with Gasteiger partial charge in [-0.05, 0) is 26.3 Å². The summed E-state index contributed by atoms with van der Waals surface area (Å²) in [7, 11) is 1.99. The number of piperazine rings is 1. The molecule has 1 saturated carbocycles. The van der Waals surface area contributed by atoms with E-state index >= 15 is 0 Å². The summed E-state index contributed by atoms with van der Waals surface area (Å²) in [6.07, 6.45) is -2.63. The van der Waals surface area contributed by atoms with E-state index in [1.165, 1.54) is 0 Å². The van der Waals surface area contributed by atoms with Crippen molar-refractivity contribution in [3.05, 3.63) is 11.7 Å². The lowest BCUT2D eigenvalue weighted by molar-refractivity contribution is -0.183. The van der Waals surface area contributed by atoms with Crippen molar-refractivity contribution in [3.63, 3.8) is 0 Å². The van der Waals surface area contributed by atoms with Crippen LogP contribution >= 0.6 is 12.4 Å². The molecule has 1 aliphatic carbocycles. The van der Waals surface area contributed by atoms with Crippen molar-refractivity contribution in [1.29, 1.82) is 0 Å². The minimum absolute atomic E-state index is 0. The van der Waals surface area contributed by atoms with Crippen LogP contribution in [0.4, 0.5) is 13.2 Å². The monoisotopic (exact) mass is 354 g/mol. The lowest BCUT2D eigenvalue weighted by Gasteiger charge is -2.30. The largest absolute Gasteiger partial charge is 0.391 e. The van der Waals surface area contributed by atoms with E-state index in [2.05, 4.69) is 20.4 Å². The van der Waals surface area contributed by atoms with Crippen LogP contribution < -0.4 is 5.32 Å². The minimum Gasteiger partial charge on any atom is -0.339 e. The number of halogens is 4. The van der Waals surface area contributed by atoms with Gasteiger partial charge in [-0.25, -0.2) is 0 Å². The van der Waals surface area contributed by atoms with Gasteiger partial charge in [0.15, 0.2) is 5.82 Å². The van der Waals surface area contributed by atoms with Crippen LogP contribution in [0.25, 0.3) is 0 Å². The maximum Gasteiger partial charge on any atom is 0.391 e. The summed E-state index contributed by atoms with van der Waals surface area (Å²) in [4.78, 5) is 6.53. The Morgan fingerprint density at radius 1 is 1.30 bits per heavy atom. The molecule has 0 bridgehead atoms. The standard InChI is InChI=1S/C14H21F3N4O.ClH/c1-21-6-5-18-8-11(21)12-19-13(22-20-12)9-3-2-4-10(7-9)14(15,16)17;/h9-11,18H,2-8H2,1H3;1H. The van der Waals surface area contributed by atoms with Crippen molar-refractivity contribution in [3.8, 4) is 0 Å². The molecule has 1 aliphatic heterocycles. The zero-order chi connectivity index (χ0) is 15.7. The number of aromatic nitrogens is 2. The van der Waals surface area contributed by atoms with E-state index in [0.717, 1.165) is 19.6 Å². The third kappa shape index (κ3) is 4.16. The average Bonchev–Trinajstić information content (AvgIpc) is 2.97. The molecular weight excluding hydrogens is 333 g/mol. The van der Waals surface area contributed by atoms with Gasteiger partial charge in [0.2, 0.25) is 5.89 Å². The number of hydrogen-bond donors (Lipinski definition) is 1. The van der Waals surface area contributed by atoms with Gasteiger partial charge in [0.25, 0.3) is 0 Å². The van der Waals surface area contributed by atoms with Crippen LogP contribution in [0.1, 0.15) is 49.4 Å². The molecule has 0 spiro atoms. The highest BCUT2D eigenvalue weighted by atomic mass is 35.5. The summed E-state index contributed by atoms with van der Waals surface area (Å²) in [6, 6.07) is 0.0215. The summed E-state index contributed by atoms with van der Waals surface area (Å²) in [6.45, 7) is 2.52. The molecule has 2 aliphatic rings. The molecule has 1 aromatic rings. The fraction of sp³-hybridized carbons (Fsp3) is 0.857. The molecule has 1 aromatic heterocycles. The molecule has 5 nitrogen and oxygen atoms in total. The number of rotatable bonds is 2. The van der Waals surface area contributed by atoms with Gasteiger partial charge in [-0.2, -0.15) is 18.2 Å². The summed E-state index contributed by atoms with van der Waals surface area (Å²) in [5, 5.41) is 7.27. The van der Waals surface area contributed by atoms with Gasteiger partial charge in [0, 0.05) is 25.6 Å². The van der Waals surface area contributed by atoms with Crippen LogP contribution in [0.15, 0.2) is 4.52 Å². The quantitative estimate of drug-likeness (QED) is 0.885. The second-order valence-corrected chi connectivity index (χ2v) is 6.29. The van der Waals surface area contributed by atoms with E-state index in [-0.39, 0.29) is 37.2 Å². The van der Waals surface area contributed by atoms with E-state index in [4.69, 9.17) is 4.52 Å². The minimum atomic E-state index is -4.13. The summed E-state index contributed by atoms with van der Waals surface area (Å²) in [5.74, 6) is -0.592. The Balaban J connectivity index is 0.00000192. The van der Waals surface area contributed by atoms with Crippen molar-refractivity contribution in [1.82, 2.24) is 20.4 Å². The van der Waals surface area contributed by atoms with E-state index in [1.807, 2.05) is 7.05 Å². The molecule has 0 amide bonds. The van der Waals surface area contributed by atoms with Gasteiger partial charge in [-0.3, -0.25) is 4.90 Å². The fourth-order valence-electron chi connectivity index (χ4n) is 3.35. The Kier molecular flexibility index (Phi) is 5.91. The molecule has 0 aromatic carbocycles. The fourth-order valence-corrected chi connectivity index (χ4v) is 3.35. The lowest BCUT2D eigenvalue weighted by atomic mass is 9.81.